The Kier molecular flexibility index (Phi) is 4.62. The van der Waals surface area contributed by atoms with Gasteiger partial charge in [0.2, 0.25) is 0 Å². The molecule has 0 saturated carbocycles. The predicted octanol–water partition coefficient (Wildman–Crippen LogP) is 2.44. The molecule has 0 bridgehead atoms. The first-order valence-electron chi connectivity index (χ1n) is 6.86. The lowest BCUT2D eigenvalue weighted by molar-refractivity contribution is -0.384. The maximum atomic E-state index is 11.5. The Labute approximate surface area is 122 Å². The summed E-state index contributed by atoms with van der Waals surface area (Å²) < 4.78 is 5.01. The number of nitro benzene ring substituents is 1. The van der Waals surface area contributed by atoms with E-state index < -0.39 is 16.9 Å². The average Bonchev–Trinajstić information content (AvgIpc) is 2.72. The van der Waals surface area contributed by atoms with Gasteiger partial charge >= 0.3 is 5.97 Å². The van der Waals surface area contributed by atoms with E-state index in [9.17, 15) is 20.0 Å². The Hall–Kier alpha value is -2.31. The first-order chi connectivity index (χ1) is 10.0. The van der Waals surface area contributed by atoms with E-state index in [1.807, 2.05) is 0 Å². The summed E-state index contributed by atoms with van der Waals surface area (Å²) >= 11 is 0. The molecule has 0 spiro atoms. The molecule has 0 amide bonds. The van der Waals surface area contributed by atoms with Crippen molar-refractivity contribution in [3.05, 3.63) is 28.3 Å². The molecule has 1 fully saturated rings. The average molecular weight is 294 g/mol. The first kappa shape index (κ1) is 15.1. The second-order valence-electron chi connectivity index (χ2n) is 5.01. The molecule has 21 heavy (non-hydrogen) atoms. The van der Waals surface area contributed by atoms with Crippen LogP contribution in [0.2, 0.25) is 0 Å². The molecule has 114 valence electrons. The lowest BCUT2D eigenvalue weighted by Gasteiger charge is -2.28. The molecule has 0 aromatic heterocycles. The maximum Gasteiger partial charge on any atom is 0.326 e. The van der Waals surface area contributed by atoms with Crippen molar-refractivity contribution < 1.29 is 19.6 Å². The highest BCUT2D eigenvalue weighted by atomic mass is 16.6. The molecular weight excluding hydrogens is 276 g/mol. The van der Waals surface area contributed by atoms with Crippen molar-refractivity contribution in [1.29, 1.82) is 0 Å². The number of nitrogens with zero attached hydrogens (tertiary/aromatic N) is 2. The van der Waals surface area contributed by atoms with Gasteiger partial charge in [-0.15, -0.1) is 0 Å². The maximum absolute atomic E-state index is 11.5. The molecule has 1 aliphatic rings. The van der Waals surface area contributed by atoms with Crippen LogP contribution in [0.5, 0.6) is 5.75 Å². The molecule has 1 saturated heterocycles. The molecular formula is C14H18N2O5. The zero-order valence-electron chi connectivity index (χ0n) is 11.8. The van der Waals surface area contributed by atoms with Gasteiger partial charge in [0.05, 0.1) is 18.1 Å². The van der Waals surface area contributed by atoms with Crippen LogP contribution < -0.4 is 9.64 Å². The van der Waals surface area contributed by atoms with E-state index in [2.05, 4.69) is 0 Å². The number of rotatable bonds is 4. The number of carboxylic acid groups (broad SMARTS) is 1. The summed E-state index contributed by atoms with van der Waals surface area (Å²) in [4.78, 5) is 23.9. The molecule has 1 unspecified atom stereocenters. The normalized spacial score (nSPS) is 18.9. The molecule has 1 heterocycles. The van der Waals surface area contributed by atoms with Crippen LogP contribution in [0.25, 0.3) is 0 Å². The van der Waals surface area contributed by atoms with Crippen LogP contribution in [0, 0.1) is 10.1 Å². The third-order valence-electron chi connectivity index (χ3n) is 3.73. The molecule has 1 aromatic carbocycles. The fraction of sp³-hybridized carbons (Fsp3) is 0.500. The van der Waals surface area contributed by atoms with Gasteiger partial charge in [0, 0.05) is 6.54 Å². The van der Waals surface area contributed by atoms with E-state index in [1.54, 1.807) is 17.0 Å². The van der Waals surface area contributed by atoms with Gasteiger partial charge in [-0.3, -0.25) is 10.1 Å². The molecule has 1 atom stereocenters. The zero-order valence-corrected chi connectivity index (χ0v) is 11.8. The SMILES string of the molecule is COc1ccc(N2CCCCCC2C(=O)O)c([N+](=O)[O-])c1. The van der Waals surface area contributed by atoms with Crippen LogP contribution in [0.1, 0.15) is 25.7 Å². The van der Waals surface area contributed by atoms with E-state index in [0.717, 1.165) is 19.3 Å². The topological polar surface area (TPSA) is 92.9 Å². The Morgan fingerprint density at radius 3 is 2.81 bits per heavy atom. The Morgan fingerprint density at radius 1 is 1.43 bits per heavy atom. The minimum atomic E-state index is -0.943. The van der Waals surface area contributed by atoms with E-state index in [-0.39, 0.29) is 5.69 Å². The number of carbonyl (C=O) groups is 1. The lowest BCUT2D eigenvalue weighted by atomic mass is 10.1. The summed E-state index contributed by atoms with van der Waals surface area (Å²) in [5, 5.41) is 20.7. The van der Waals surface area contributed by atoms with Gasteiger partial charge in [-0.05, 0) is 25.0 Å². The molecule has 0 aliphatic carbocycles. The number of ether oxygens (including phenoxy) is 1. The van der Waals surface area contributed by atoms with E-state index in [4.69, 9.17) is 4.74 Å². The predicted molar refractivity (Wildman–Crippen MR) is 76.9 cm³/mol. The third-order valence-corrected chi connectivity index (χ3v) is 3.73. The standard InChI is InChI=1S/C14H18N2O5/c1-21-10-6-7-11(13(9-10)16(19)20)15-8-4-2-3-5-12(15)14(17)18/h6-7,9,12H,2-5,8H2,1H3,(H,17,18). The first-order valence-corrected chi connectivity index (χ1v) is 6.86. The summed E-state index contributed by atoms with van der Waals surface area (Å²) in [5.74, 6) is -0.561. The van der Waals surface area contributed by atoms with Crippen molar-refractivity contribution >= 4 is 17.3 Å². The molecule has 0 radical (unpaired) electrons. The van der Waals surface area contributed by atoms with Gasteiger partial charge in [-0.25, -0.2) is 4.79 Å². The second kappa shape index (κ2) is 6.43. The van der Waals surface area contributed by atoms with Gasteiger partial charge in [-0.1, -0.05) is 12.8 Å². The van der Waals surface area contributed by atoms with Crippen molar-refractivity contribution in [2.75, 3.05) is 18.6 Å². The minimum absolute atomic E-state index is 0.123. The van der Waals surface area contributed by atoms with Crippen LogP contribution in [0.15, 0.2) is 18.2 Å². The fourth-order valence-electron chi connectivity index (χ4n) is 2.67. The Morgan fingerprint density at radius 2 is 2.19 bits per heavy atom. The summed E-state index contributed by atoms with van der Waals surface area (Å²) in [6.45, 7) is 0.504. The second-order valence-corrected chi connectivity index (χ2v) is 5.01. The Balaban J connectivity index is 2.46. The number of anilines is 1. The molecule has 7 nitrogen and oxygen atoms in total. The summed E-state index contributed by atoms with van der Waals surface area (Å²) in [6, 6.07) is 3.79. The van der Waals surface area contributed by atoms with Crippen LogP contribution in [0.4, 0.5) is 11.4 Å². The molecule has 1 aromatic rings. The number of carboxylic acids is 1. The van der Waals surface area contributed by atoms with Gasteiger partial charge in [0.15, 0.2) is 0 Å². The van der Waals surface area contributed by atoms with Crippen LogP contribution in [-0.2, 0) is 4.79 Å². The lowest BCUT2D eigenvalue weighted by Crippen LogP contribution is -2.41. The largest absolute Gasteiger partial charge is 0.496 e. The van der Waals surface area contributed by atoms with E-state index in [0.29, 0.717) is 24.4 Å². The number of benzene rings is 1. The smallest absolute Gasteiger partial charge is 0.326 e. The Bertz CT molecular complexity index is 546. The van der Waals surface area contributed by atoms with Crippen LogP contribution in [0.3, 0.4) is 0 Å². The van der Waals surface area contributed by atoms with Crippen molar-refractivity contribution in [2.45, 2.75) is 31.7 Å². The minimum Gasteiger partial charge on any atom is -0.496 e. The molecule has 2 rings (SSSR count). The highest BCUT2D eigenvalue weighted by molar-refractivity contribution is 5.80. The van der Waals surface area contributed by atoms with Gasteiger partial charge in [0.1, 0.15) is 17.5 Å². The molecule has 1 aliphatic heterocycles. The highest BCUT2D eigenvalue weighted by Crippen LogP contribution is 2.35. The fourth-order valence-corrected chi connectivity index (χ4v) is 2.67. The van der Waals surface area contributed by atoms with Crippen molar-refractivity contribution in [1.82, 2.24) is 0 Å². The number of hydrogen-bond donors (Lipinski definition) is 1. The summed E-state index contributed by atoms with van der Waals surface area (Å²) in [5.41, 5.74) is 0.220. The quantitative estimate of drug-likeness (QED) is 0.677. The third kappa shape index (κ3) is 3.24. The van der Waals surface area contributed by atoms with Crippen LogP contribution >= 0.6 is 0 Å². The number of hydrogen-bond acceptors (Lipinski definition) is 5. The van der Waals surface area contributed by atoms with Crippen molar-refractivity contribution in [3.8, 4) is 5.75 Å². The van der Waals surface area contributed by atoms with Gasteiger partial charge < -0.3 is 14.7 Å². The number of aliphatic carboxylic acids is 1. The summed E-state index contributed by atoms with van der Waals surface area (Å²) in [7, 11) is 1.44. The molecule has 1 N–H and O–H groups in total. The molecule has 7 heteroatoms. The van der Waals surface area contributed by atoms with E-state index in [1.165, 1.54) is 13.2 Å². The van der Waals surface area contributed by atoms with Crippen molar-refractivity contribution in [2.24, 2.45) is 0 Å². The number of nitro groups is 1. The zero-order chi connectivity index (χ0) is 15.4. The van der Waals surface area contributed by atoms with Gasteiger partial charge in [-0.2, -0.15) is 0 Å². The summed E-state index contributed by atoms with van der Waals surface area (Å²) in [6.07, 6.45) is 3.08. The van der Waals surface area contributed by atoms with Crippen LogP contribution in [-0.4, -0.2) is 35.7 Å². The van der Waals surface area contributed by atoms with Gasteiger partial charge in [0.25, 0.3) is 5.69 Å². The van der Waals surface area contributed by atoms with Crippen molar-refractivity contribution in [3.63, 3.8) is 0 Å². The monoisotopic (exact) mass is 294 g/mol. The highest BCUT2D eigenvalue weighted by Gasteiger charge is 2.31. The van der Waals surface area contributed by atoms with E-state index >= 15 is 0 Å². The number of methoxy groups -OCH3 is 1.